The molecular weight excluding hydrogens is 200 g/mol. The number of nitrogens with zero attached hydrogens (tertiary/aromatic N) is 1. The van der Waals surface area contributed by atoms with Crippen molar-refractivity contribution in [2.45, 2.75) is 51.6 Å². The Kier molecular flexibility index (Phi) is 7.01. The van der Waals surface area contributed by atoms with Crippen LogP contribution < -0.4 is 5.32 Å². The van der Waals surface area contributed by atoms with Crippen LogP contribution in [0.3, 0.4) is 0 Å². The molecule has 1 rings (SSSR count). The minimum atomic E-state index is 0.548. The zero-order chi connectivity index (χ0) is 11.8. The monoisotopic (exact) mass is 228 g/mol. The fraction of sp³-hybridized carbons (Fsp3) is 1.00. The molecule has 0 aromatic heterocycles. The van der Waals surface area contributed by atoms with Crippen LogP contribution in [0.4, 0.5) is 0 Å². The molecule has 1 atom stereocenters. The van der Waals surface area contributed by atoms with Crippen molar-refractivity contribution < 1.29 is 4.74 Å². The van der Waals surface area contributed by atoms with Gasteiger partial charge >= 0.3 is 0 Å². The number of likely N-dealkylation sites (N-methyl/N-ethyl adjacent to an activating group) is 1. The number of unbranched alkanes of at least 4 members (excludes halogenated alkanes) is 1. The summed E-state index contributed by atoms with van der Waals surface area (Å²) in [5.41, 5.74) is 0. The van der Waals surface area contributed by atoms with Gasteiger partial charge in [0.1, 0.15) is 0 Å². The van der Waals surface area contributed by atoms with E-state index in [4.69, 9.17) is 4.74 Å². The Balaban J connectivity index is 1.98. The lowest BCUT2D eigenvalue weighted by Gasteiger charge is -2.27. The second-order valence-electron chi connectivity index (χ2n) is 4.87. The summed E-state index contributed by atoms with van der Waals surface area (Å²) in [7, 11) is 1.78. The van der Waals surface area contributed by atoms with Gasteiger partial charge in [-0.1, -0.05) is 6.92 Å². The second-order valence-corrected chi connectivity index (χ2v) is 4.87. The molecule has 1 unspecified atom stereocenters. The largest absolute Gasteiger partial charge is 0.383 e. The molecule has 0 saturated heterocycles. The summed E-state index contributed by atoms with van der Waals surface area (Å²) >= 11 is 0. The summed E-state index contributed by atoms with van der Waals surface area (Å²) < 4.78 is 5.20. The van der Waals surface area contributed by atoms with Gasteiger partial charge in [-0.05, 0) is 52.2 Å². The Morgan fingerprint density at radius 2 is 2.12 bits per heavy atom. The van der Waals surface area contributed by atoms with E-state index in [0.717, 1.165) is 19.2 Å². The van der Waals surface area contributed by atoms with Gasteiger partial charge in [-0.3, -0.25) is 4.90 Å². The molecule has 0 aliphatic heterocycles. The third-order valence-electron chi connectivity index (χ3n) is 3.32. The standard InChI is InChI=1S/C13H28N2O/c1-4-15(12(2)11-16-3)10-6-5-9-14-13-7-8-13/h12-14H,4-11H2,1-3H3. The van der Waals surface area contributed by atoms with E-state index in [9.17, 15) is 0 Å². The minimum Gasteiger partial charge on any atom is -0.383 e. The van der Waals surface area contributed by atoms with Crippen molar-refractivity contribution in [2.24, 2.45) is 0 Å². The van der Waals surface area contributed by atoms with E-state index in [1.807, 2.05) is 0 Å². The summed E-state index contributed by atoms with van der Waals surface area (Å²) in [6.07, 6.45) is 5.38. The first kappa shape index (κ1) is 13.9. The van der Waals surface area contributed by atoms with Gasteiger partial charge in [0, 0.05) is 19.2 Å². The summed E-state index contributed by atoms with van der Waals surface area (Å²) in [5, 5.41) is 3.56. The van der Waals surface area contributed by atoms with Crippen molar-refractivity contribution in [1.29, 1.82) is 0 Å². The van der Waals surface area contributed by atoms with E-state index in [1.165, 1.54) is 38.8 Å². The van der Waals surface area contributed by atoms with Gasteiger partial charge in [0.25, 0.3) is 0 Å². The smallest absolute Gasteiger partial charge is 0.0615 e. The predicted octanol–water partition coefficient (Wildman–Crippen LogP) is 1.88. The van der Waals surface area contributed by atoms with Crippen LogP contribution in [-0.2, 0) is 4.74 Å². The van der Waals surface area contributed by atoms with Gasteiger partial charge in [-0.25, -0.2) is 0 Å². The lowest BCUT2D eigenvalue weighted by molar-refractivity contribution is 0.101. The second kappa shape index (κ2) is 8.04. The van der Waals surface area contributed by atoms with Crippen molar-refractivity contribution in [3.05, 3.63) is 0 Å². The number of methoxy groups -OCH3 is 1. The molecule has 0 spiro atoms. The molecule has 0 aromatic carbocycles. The summed E-state index contributed by atoms with van der Waals surface area (Å²) in [5.74, 6) is 0. The van der Waals surface area contributed by atoms with E-state index >= 15 is 0 Å². The molecule has 3 heteroatoms. The van der Waals surface area contributed by atoms with Crippen LogP contribution in [0.25, 0.3) is 0 Å². The fourth-order valence-corrected chi connectivity index (χ4v) is 2.07. The van der Waals surface area contributed by atoms with Gasteiger partial charge < -0.3 is 10.1 Å². The third kappa shape index (κ3) is 5.83. The molecule has 1 fully saturated rings. The van der Waals surface area contributed by atoms with Crippen molar-refractivity contribution in [3.63, 3.8) is 0 Å². The van der Waals surface area contributed by atoms with E-state index in [-0.39, 0.29) is 0 Å². The highest BCUT2D eigenvalue weighted by Gasteiger charge is 2.19. The molecule has 1 aliphatic carbocycles. The van der Waals surface area contributed by atoms with E-state index < -0.39 is 0 Å². The zero-order valence-electron chi connectivity index (χ0n) is 11.2. The predicted molar refractivity (Wildman–Crippen MR) is 68.8 cm³/mol. The number of hydrogen-bond acceptors (Lipinski definition) is 3. The van der Waals surface area contributed by atoms with Gasteiger partial charge in [-0.2, -0.15) is 0 Å². The highest BCUT2D eigenvalue weighted by Crippen LogP contribution is 2.18. The first-order chi connectivity index (χ1) is 7.77. The van der Waals surface area contributed by atoms with E-state index in [2.05, 4.69) is 24.1 Å². The highest BCUT2D eigenvalue weighted by molar-refractivity contribution is 4.80. The van der Waals surface area contributed by atoms with Crippen LogP contribution in [-0.4, -0.2) is 50.3 Å². The number of rotatable bonds is 10. The molecule has 1 aliphatic rings. The Hall–Kier alpha value is -0.120. The van der Waals surface area contributed by atoms with Crippen LogP contribution in [0.1, 0.15) is 39.5 Å². The van der Waals surface area contributed by atoms with Crippen molar-refractivity contribution >= 4 is 0 Å². The molecule has 0 aromatic rings. The maximum absolute atomic E-state index is 5.20. The van der Waals surface area contributed by atoms with Crippen LogP contribution in [0.5, 0.6) is 0 Å². The lowest BCUT2D eigenvalue weighted by atomic mass is 10.2. The average molecular weight is 228 g/mol. The topological polar surface area (TPSA) is 24.5 Å². The molecule has 0 amide bonds. The van der Waals surface area contributed by atoms with Crippen LogP contribution in [0.2, 0.25) is 0 Å². The first-order valence-electron chi connectivity index (χ1n) is 6.74. The van der Waals surface area contributed by atoms with Crippen molar-refractivity contribution in [1.82, 2.24) is 10.2 Å². The molecule has 3 nitrogen and oxygen atoms in total. The lowest BCUT2D eigenvalue weighted by Crippen LogP contribution is -2.37. The molecule has 96 valence electrons. The molecule has 16 heavy (non-hydrogen) atoms. The van der Waals surface area contributed by atoms with Crippen LogP contribution in [0.15, 0.2) is 0 Å². The quantitative estimate of drug-likeness (QED) is 0.578. The molecule has 0 bridgehead atoms. The Morgan fingerprint density at radius 3 is 2.69 bits per heavy atom. The number of nitrogens with one attached hydrogen (secondary N) is 1. The summed E-state index contributed by atoms with van der Waals surface area (Å²) in [6, 6.07) is 1.40. The SMILES string of the molecule is CCN(CCCCNC1CC1)C(C)COC. The molecule has 1 N–H and O–H groups in total. The molecular formula is C13H28N2O. The molecule has 0 radical (unpaired) electrons. The Bertz CT molecular complexity index is 171. The minimum absolute atomic E-state index is 0.548. The van der Waals surface area contributed by atoms with Gasteiger partial charge in [0.2, 0.25) is 0 Å². The average Bonchev–Trinajstić information content (AvgIpc) is 3.07. The third-order valence-corrected chi connectivity index (χ3v) is 3.32. The Labute approximate surface area is 101 Å². The van der Waals surface area contributed by atoms with Crippen LogP contribution >= 0.6 is 0 Å². The summed E-state index contributed by atoms with van der Waals surface area (Å²) in [6.45, 7) is 8.84. The van der Waals surface area contributed by atoms with Gasteiger partial charge in [-0.15, -0.1) is 0 Å². The Morgan fingerprint density at radius 1 is 1.38 bits per heavy atom. The van der Waals surface area contributed by atoms with Crippen LogP contribution in [0, 0.1) is 0 Å². The zero-order valence-corrected chi connectivity index (χ0v) is 11.2. The van der Waals surface area contributed by atoms with Crippen molar-refractivity contribution in [3.8, 4) is 0 Å². The summed E-state index contributed by atoms with van der Waals surface area (Å²) in [4.78, 5) is 2.50. The first-order valence-corrected chi connectivity index (χ1v) is 6.74. The normalized spacial score (nSPS) is 18.0. The molecule has 0 heterocycles. The maximum Gasteiger partial charge on any atom is 0.0615 e. The number of hydrogen-bond donors (Lipinski definition) is 1. The van der Waals surface area contributed by atoms with E-state index in [1.54, 1.807) is 7.11 Å². The highest BCUT2D eigenvalue weighted by atomic mass is 16.5. The maximum atomic E-state index is 5.20. The van der Waals surface area contributed by atoms with Gasteiger partial charge in [0.15, 0.2) is 0 Å². The molecule has 1 saturated carbocycles. The van der Waals surface area contributed by atoms with E-state index in [0.29, 0.717) is 6.04 Å². The fourth-order valence-electron chi connectivity index (χ4n) is 2.07. The van der Waals surface area contributed by atoms with Crippen molar-refractivity contribution in [2.75, 3.05) is 33.4 Å². The number of ether oxygens (including phenoxy) is 1. The van der Waals surface area contributed by atoms with Gasteiger partial charge in [0.05, 0.1) is 6.61 Å².